The molecular weight excluding hydrogens is 234 g/mol. The fraction of sp³-hybridized carbons (Fsp3) is 0.833. The fourth-order valence-electron chi connectivity index (χ4n) is 1.92. The van der Waals surface area contributed by atoms with E-state index in [0.29, 0.717) is 32.0 Å². The number of rotatable bonds is 6. The van der Waals surface area contributed by atoms with Crippen molar-refractivity contribution < 1.29 is 14.3 Å². The first-order valence-corrected chi connectivity index (χ1v) is 6.41. The second-order valence-electron chi connectivity index (χ2n) is 4.55. The number of carbonyl (C=O) groups is 2. The van der Waals surface area contributed by atoms with E-state index in [2.05, 4.69) is 27.2 Å². The Morgan fingerprint density at radius 3 is 2.94 bits per heavy atom. The van der Waals surface area contributed by atoms with Crippen molar-refractivity contribution in [3.05, 3.63) is 0 Å². The summed E-state index contributed by atoms with van der Waals surface area (Å²) in [7, 11) is 1.37. The van der Waals surface area contributed by atoms with Gasteiger partial charge in [0, 0.05) is 38.6 Å². The van der Waals surface area contributed by atoms with Crippen LogP contribution >= 0.6 is 0 Å². The van der Waals surface area contributed by atoms with Crippen LogP contribution in [-0.2, 0) is 14.3 Å². The van der Waals surface area contributed by atoms with E-state index in [1.807, 2.05) is 0 Å². The van der Waals surface area contributed by atoms with Crippen LogP contribution in [0, 0.1) is 0 Å². The van der Waals surface area contributed by atoms with Gasteiger partial charge in [0.2, 0.25) is 5.91 Å². The number of amides is 1. The molecule has 18 heavy (non-hydrogen) atoms. The summed E-state index contributed by atoms with van der Waals surface area (Å²) in [6, 6.07) is 0.388. The Morgan fingerprint density at radius 2 is 2.28 bits per heavy atom. The Balaban J connectivity index is 2.11. The third-order valence-electron chi connectivity index (χ3n) is 3.09. The minimum absolute atomic E-state index is 0.0219. The van der Waals surface area contributed by atoms with Gasteiger partial charge in [-0.2, -0.15) is 0 Å². The molecule has 104 valence electrons. The van der Waals surface area contributed by atoms with Crippen molar-refractivity contribution in [2.45, 2.75) is 25.8 Å². The third kappa shape index (κ3) is 5.46. The number of hydrogen-bond donors (Lipinski definition) is 2. The Morgan fingerprint density at radius 1 is 1.50 bits per heavy atom. The number of methoxy groups -OCH3 is 1. The van der Waals surface area contributed by atoms with Gasteiger partial charge in [-0.25, -0.2) is 0 Å². The van der Waals surface area contributed by atoms with Gasteiger partial charge in [0.1, 0.15) is 0 Å². The van der Waals surface area contributed by atoms with E-state index in [1.54, 1.807) is 0 Å². The largest absolute Gasteiger partial charge is 0.469 e. The highest BCUT2D eigenvalue weighted by Crippen LogP contribution is 2.01. The van der Waals surface area contributed by atoms with Crippen molar-refractivity contribution in [3.63, 3.8) is 0 Å². The smallest absolute Gasteiger partial charge is 0.305 e. The quantitative estimate of drug-likeness (QED) is 0.489. The van der Waals surface area contributed by atoms with E-state index in [9.17, 15) is 9.59 Å². The summed E-state index contributed by atoms with van der Waals surface area (Å²) in [5.41, 5.74) is 0. The number of esters is 1. The molecule has 1 aliphatic rings. The number of hydrogen-bond acceptors (Lipinski definition) is 5. The van der Waals surface area contributed by atoms with Crippen LogP contribution in [0.4, 0.5) is 0 Å². The highest BCUT2D eigenvalue weighted by atomic mass is 16.5. The summed E-state index contributed by atoms with van der Waals surface area (Å²) >= 11 is 0. The van der Waals surface area contributed by atoms with Crippen LogP contribution in [0.15, 0.2) is 0 Å². The van der Waals surface area contributed by atoms with Crippen LogP contribution in [0.3, 0.4) is 0 Å². The molecule has 2 N–H and O–H groups in total. The van der Waals surface area contributed by atoms with Crippen molar-refractivity contribution in [2.75, 3.05) is 39.8 Å². The summed E-state index contributed by atoms with van der Waals surface area (Å²) in [5, 5.41) is 6.11. The third-order valence-corrected chi connectivity index (χ3v) is 3.09. The van der Waals surface area contributed by atoms with Crippen LogP contribution in [-0.4, -0.2) is 62.7 Å². The lowest BCUT2D eigenvalue weighted by Crippen LogP contribution is -2.52. The SMILES string of the molecule is COC(=O)CCCNC(=O)CN1CCNCC1C. The highest BCUT2D eigenvalue weighted by Gasteiger charge is 2.19. The molecule has 1 atom stereocenters. The van der Waals surface area contributed by atoms with Gasteiger partial charge in [-0.05, 0) is 13.3 Å². The van der Waals surface area contributed by atoms with Crippen molar-refractivity contribution >= 4 is 11.9 Å². The van der Waals surface area contributed by atoms with Gasteiger partial charge >= 0.3 is 5.97 Å². The predicted octanol–water partition coefficient (Wildman–Crippen LogP) is -0.650. The number of nitrogens with zero attached hydrogens (tertiary/aromatic N) is 1. The number of piperazine rings is 1. The molecule has 0 aromatic heterocycles. The molecule has 0 aromatic carbocycles. The molecule has 0 bridgehead atoms. The van der Waals surface area contributed by atoms with Crippen LogP contribution < -0.4 is 10.6 Å². The van der Waals surface area contributed by atoms with Gasteiger partial charge in [-0.3, -0.25) is 14.5 Å². The molecule has 0 aromatic rings. The molecule has 1 saturated heterocycles. The van der Waals surface area contributed by atoms with Crippen LogP contribution in [0.1, 0.15) is 19.8 Å². The molecule has 1 aliphatic heterocycles. The van der Waals surface area contributed by atoms with Gasteiger partial charge in [0.15, 0.2) is 0 Å². The Bertz CT molecular complexity index is 284. The number of nitrogens with one attached hydrogen (secondary N) is 2. The Hall–Kier alpha value is -1.14. The first-order chi connectivity index (χ1) is 8.63. The van der Waals surface area contributed by atoms with Gasteiger partial charge in [-0.15, -0.1) is 0 Å². The van der Waals surface area contributed by atoms with Crippen molar-refractivity contribution in [2.24, 2.45) is 0 Å². The summed E-state index contributed by atoms with van der Waals surface area (Å²) in [6.45, 7) is 5.82. The van der Waals surface area contributed by atoms with Crippen LogP contribution in [0.2, 0.25) is 0 Å². The molecule has 6 heteroatoms. The Labute approximate surface area is 108 Å². The minimum Gasteiger partial charge on any atom is -0.469 e. The van der Waals surface area contributed by atoms with E-state index in [1.165, 1.54) is 7.11 Å². The lowest BCUT2D eigenvalue weighted by atomic mass is 10.2. The van der Waals surface area contributed by atoms with E-state index in [-0.39, 0.29) is 11.9 Å². The Kier molecular flexibility index (Phi) is 6.67. The number of carbonyl (C=O) groups excluding carboxylic acids is 2. The molecular formula is C12H23N3O3. The zero-order valence-corrected chi connectivity index (χ0v) is 11.2. The number of ether oxygens (including phenoxy) is 1. The molecule has 0 aliphatic carbocycles. The standard InChI is InChI=1S/C12H23N3O3/c1-10-8-13-6-7-15(10)9-11(16)14-5-3-4-12(17)18-2/h10,13H,3-9H2,1-2H3,(H,14,16). The zero-order valence-electron chi connectivity index (χ0n) is 11.2. The summed E-state index contributed by atoms with van der Waals surface area (Å²) in [6.07, 6.45) is 0.969. The second kappa shape index (κ2) is 8.05. The molecule has 1 fully saturated rings. The van der Waals surface area contributed by atoms with E-state index >= 15 is 0 Å². The average molecular weight is 257 g/mol. The zero-order chi connectivity index (χ0) is 13.4. The van der Waals surface area contributed by atoms with E-state index < -0.39 is 0 Å². The van der Waals surface area contributed by atoms with Crippen LogP contribution in [0.25, 0.3) is 0 Å². The molecule has 1 amide bonds. The average Bonchev–Trinajstić information content (AvgIpc) is 2.37. The summed E-state index contributed by atoms with van der Waals surface area (Å²) < 4.78 is 4.53. The summed E-state index contributed by atoms with van der Waals surface area (Å²) in [5.74, 6) is -0.214. The predicted molar refractivity (Wildman–Crippen MR) is 68.2 cm³/mol. The molecule has 0 saturated carbocycles. The van der Waals surface area contributed by atoms with Gasteiger partial charge in [0.25, 0.3) is 0 Å². The topological polar surface area (TPSA) is 70.7 Å². The van der Waals surface area contributed by atoms with Crippen molar-refractivity contribution in [1.29, 1.82) is 0 Å². The monoisotopic (exact) mass is 257 g/mol. The van der Waals surface area contributed by atoms with Gasteiger partial charge < -0.3 is 15.4 Å². The normalized spacial score (nSPS) is 20.4. The van der Waals surface area contributed by atoms with E-state index in [0.717, 1.165) is 19.6 Å². The first kappa shape index (κ1) is 14.9. The maximum absolute atomic E-state index is 11.7. The summed E-state index contributed by atoms with van der Waals surface area (Å²) in [4.78, 5) is 24.7. The maximum atomic E-state index is 11.7. The highest BCUT2D eigenvalue weighted by molar-refractivity contribution is 5.78. The molecule has 1 heterocycles. The minimum atomic E-state index is -0.236. The molecule has 1 rings (SSSR count). The first-order valence-electron chi connectivity index (χ1n) is 6.41. The second-order valence-corrected chi connectivity index (χ2v) is 4.55. The fourth-order valence-corrected chi connectivity index (χ4v) is 1.92. The van der Waals surface area contributed by atoms with Crippen LogP contribution in [0.5, 0.6) is 0 Å². The molecule has 0 radical (unpaired) electrons. The molecule has 0 spiro atoms. The van der Waals surface area contributed by atoms with Crippen molar-refractivity contribution in [3.8, 4) is 0 Å². The lowest BCUT2D eigenvalue weighted by molar-refractivity contribution is -0.140. The molecule has 6 nitrogen and oxygen atoms in total. The van der Waals surface area contributed by atoms with E-state index in [4.69, 9.17) is 0 Å². The molecule has 1 unspecified atom stereocenters. The lowest BCUT2D eigenvalue weighted by Gasteiger charge is -2.33. The van der Waals surface area contributed by atoms with Gasteiger partial charge in [-0.1, -0.05) is 0 Å². The van der Waals surface area contributed by atoms with Crippen molar-refractivity contribution in [1.82, 2.24) is 15.5 Å². The maximum Gasteiger partial charge on any atom is 0.305 e. The van der Waals surface area contributed by atoms with Gasteiger partial charge in [0.05, 0.1) is 13.7 Å².